The number of nitro groups is 1. The van der Waals surface area contributed by atoms with Gasteiger partial charge in [0.15, 0.2) is 5.75 Å². The molecule has 0 N–H and O–H groups in total. The first-order valence-electron chi connectivity index (χ1n) is 6.48. The van der Waals surface area contributed by atoms with E-state index in [0.717, 1.165) is 12.1 Å². The van der Waals surface area contributed by atoms with E-state index in [1.807, 2.05) is 0 Å². The lowest BCUT2D eigenvalue weighted by Gasteiger charge is -2.09. The average molecular weight is 437 g/mol. The Morgan fingerprint density at radius 3 is 2.68 bits per heavy atom. The third-order valence-electron chi connectivity index (χ3n) is 2.78. The summed E-state index contributed by atoms with van der Waals surface area (Å²) >= 11 is 3.80. The van der Waals surface area contributed by atoms with Crippen molar-refractivity contribution in [3.05, 3.63) is 56.8 Å². The van der Waals surface area contributed by atoms with E-state index in [2.05, 4.69) is 20.9 Å². The standard InChI is InChI=1S/C14H8BrF3N2O4S/c15-13-10(2-1-5-19-13)24-12(21)7-25-11-4-3-8(14(16,17)18)6-9(11)20(22)23/h1-6H,7H2. The second-order valence-electron chi connectivity index (χ2n) is 4.49. The molecule has 25 heavy (non-hydrogen) atoms. The molecule has 0 unspecified atom stereocenters. The quantitative estimate of drug-likeness (QED) is 0.226. The maximum atomic E-state index is 12.6. The number of ether oxygens (including phenoxy) is 1. The highest BCUT2D eigenvalue weighted by Crippen LogP contribution is 2.36. The van der Waals surface area contributed by atoms with Crippen LogP contribution < -0.4 is 4.74 Å². The van der Waals surface area contributed by atoms with Crippen molar-refractivity contribution in [1.29, 1.82) is 0 Å². The molecule has 1 aromatic carbocycles. The molecule has 0 amide bonds. The molecule has 1 aromatic heterocycles. The summed E-state index contributed by atoms with van der Waals surface area (Å²) in [6.07, 6.45) is -3.22. The van der Waals surface area contributed by atoms with Gasteiger partial charge in [0.25, 0.3) is 5.69 Å². The number of alkyl halides is 3. The molecule has 6 nitrogen and oxygen atoms in total. The fourth-order valence-corrected chi connectivity index (χ4v) is 2.80. The van der Waals surface area contributed by atoms with Crippen molar-refractivity contribution in [3.63, 3.8) is 0 Å². The summed E-state index contributed by atoms with van der Waals surface area (Å²) in [4.78, 5) is 25.6. The Kier molecular flexibility index (Phi) is 6.01. The summed E-state index contributed by atoms with van der Waals surface area (Å²) in [6.45, 7) is 0. The van der Waals surface area contributed by atoms with Gasteiger partial charge in [-0.25, -0.2) is 4.98 Å². The molecule has 1 heterocycles. The minimum atomic E-state index is -4.69. The minimum absolute atomic E-state index is 0.0693. The predicted octanol–water partition coefficient (Wildman–Crippen LogP) is 4.47. The number of aromatic nitrogens is 1. The van der Waals surface area contributed by atoms with Gasteiger partial charge in [0.1, 0.15) is 4.60 Å². The van der Waals surface area contributed by atoms with E-state index in [4.69, 9.17) is 4.74 Å². The Morgan fingerprint density at radius 1 is 1.36 bits per heavy atom. The summed E-state index contributed by atoms with van der Waals surface area (Å²) < 4.78 is 43.3. The van der Waals surface area contributed by atoms with Crippen molar-refractivity contribution in [3.8, 4) is 5.75 Å². The number of esters is 1. The molecule has 0 aliphatic carbocycles. The molecule has 0 fully saturated rings. The van der Waals surface area contributed by atoms with Crippen molar-refractivity contribution in [2.75, 3.05) is 5.75 Å². The number of benzene rings is 1. The summed E-state index contributed by atoms with van der Waals surface area (Å²) in [5.74, 6) is -0.893. The normalized spacial score (nSPS) is 11.2. The number of pyridine rings is 1. The molecule has 0 spiro atoms. The molecule has 0 bridgehead atoms. The largest absolute Gasteiger partial charge is 0.423 e. The van der Waals surface area contributed by atoms with E-state index < -0.39 is 28.3 Å². The summed E-state index contributed by atoms with van der Waals surface area (Å²) in [5, 5.41) is 11.0. The van der Waals surface area contributed by atoms with Crippen LogP contribution in [0.5, 0.6) is 5.75 Å². The highest BCUT2D eigenvalue weighted by Gasteiger charge is 2.33. The van der Waals surface area contributed by atoms with Gasteiger partial charge in [-0.15, -0.1) is 11.8 Å². The third kappa shape index (κ3) is 5.16. The minimum Gasteiger partial charge on any atom is -0.423 e. The molecule has 2 rings (SSSR count). The number of nitrogens with zero attached hydrogens (tertiary/aromatic N) is 2. The Balaban J connectivity index is 2.11. The van der Waals surface area contributed by atoms with Crippen LogP contribution in [0.25, 0.3) is 0 Å². The molecule has 0 atom stereocenters. The first kappa shape index (κ1) is 19.2. The van der Waals surface area contributed by atoms with Crippen LogP contribution in [0.15, 0.2) is 46.0 Å². The first-order chi connectivity index (χ1) is 11.7. The monoisotopic (exact) mass is 436 g/mol. The maximum absolute atomic E-state index is 12.6. The van der Waals surface area contributed by atoms with E-state index in [-0.39, 0.29) is 16.4 Å². The number of carbonyl (C=O) groups excluding carboxylic acids is 1. The zero-order valence-electron chi connectivity index (χ0n) is 12.1. The maximum Gasteiger partial charge on any atom is 0.416 e. The van der Waals surface area contributed by atoms with Crippen LogP contribution in [0, 0.1) is 10.1 Å². The fourth-order valence-electron chi connectivity index (χ4n) is 1.69. The summed E-state index contributed by atoms with van der Waals surface area (Å²) in [7, 11) is 0. The third-order valence-corrected chi connectivity index (χ3v) is 4.41. The van der Waals surface area contributed by atoms with Gasteiger partial charge >= 0.3 is 12.1 Å². The average Bonchev–Trinajstić information content (AvgIpc) is 2.54. The van der Waals surface area contributed by atoms with E-state index in [9.17, 15) is 28.1 Å². The van der Waals surface area contributed by atoms with Crippen molar-refractivity contribution in [2.45, 2.75) is 11.1 Å². The van der Waals surface area contributed by atoms with Crippen LogP contribution in [0.3, 0.4) is 0 Å². The lowest BCUT2D eigenvalue weighted by atomic mass is 10.2. The SMILES string of the molecule is O=C(CSc1ccc(C(F)(F)F)cc1[N+](=O)[O-])Oc1cccnc1Br. The lowest BCUT2D eigenvalue weighted by Crippen LogP contribution is -2.11. The van der Waals surface area contributed by atoms with Gasteiger partial charge in [0.2, 0.25) is 0 Å². The van der Waals surface area contributed by atoms with Gasteiger partial charge in [-0.2, -0.15) is 13.2 Å². The molecule has 11 heteroatoms. The fraction of sp³-hybridized carbons (Fsp3) is 0.143. The van der Waals surface area contributed by atoms with E-state index in [0.29, 0.717) is 22.4 Å². The second-order valence-corrected chi connectivity index (χ2v) is 6.26. The van der Waals surface area contributed by atoms with Crippen LogP contribution in [0.1, 0.15) is 5.56 Å². The second kappa shape index (κ2) is 7.83. The van der Waals surface area contributed by atoms with E-state index >= 15 is 0 Å². The number of thioether (sulfide) groups is 1. The van der Waals surface area contributed by atoms with Gasteiger partial charge < -0.3 is 4.74 Å². The molecule has 132 valence electrons. The van der Waals surface area contributed by atoms with Crippen molar-refractivity contribution >= 4 is 39.3 Å². The van der Waals surface area contributed by atoms with Gasteiger partial charge in [-0.3, -0.25) is 14.9 Å². The summed E-state index contributed by atoms with van der Waals surface area (Å²) in [5.41, 5.74) is -1.86. The topological polar surface area (TPSA) is 82.3 Å². The Hall–Kier alpha value is -2.14. The highest BCUT2D eigenvalue weighted by atomic mass is 79.9. The van der Waals surface area contributed by atoms with Gasteiger partial charge in [-0.1, -0.05) is 0 Å². The molecule has 2 aromatic rings. The molecule has 0 radical (unpaired) electrons. The molecule has 0 aliphatic heterocycles. The number of rotatable bonds is 5. The van der Waals surface area contributed by atoms with Crippen LogP contribution in [-0.2, 0) is 11.0 Å². The van der Waals surface area contributed by atoms with Crippen molar-refractivity contribution in [1.82, 2.24) is 4.98 Å². The molecule has 0 aliphatic rings. The van der Waals surface area contributed by atoms with Crippen LogP contribution >= 0.6 is 27.7 Å². The van der Waals surface area contributed by atoms with E-state index in [1.165, 1.54) is 12.3 Å². The Bertz CT molecular complexity index is 817. The van der Waals surface area contributed by atoms with Gasteiger partial charge in [0.05, 0.1) is 21.1 Å². The van der Waals surface area contributed by atoms with E-state index in [1.54, 1.807) is 6.07 Å². The molecular weight excluding hydrogens is 429 g/mol. The number of carbonyl (C=O) groups is 1. The van der Waals surface area contributed by atoms with Gasteiger partial charge in [0, 0.05) is 12.3 Å². The van der Waals surface area contributed by atoms with Crippen LogP contribution in [0.4, 0.5) is 18.9 Å². The number of hydrogen-bond acceptors (Lipinski definition) is 6. The Labute approximate surface area is 151 Å². The predicted molar refractivity (Wildman–Crippen MR) is 86.4 cm³/mol. The zero-order valence-corrected chi connectivity index (χ0v) is 14.5. The van der Waals surface area contributed by atoms with Crippen LogP contribution in [0.2, 0.25) is 0 Å². The molecule has 0 saturated carbocycles. The molecular formula is C14H8BrF3N2O4S. The Morgan fingerprint density at radius 2 is 2.08 bits per heavy atom. The van der Waals surface area contributed by atoms with Gasteiger partial charge in [-0.05, 0) is 40.2 Å². The first-order valence-corrected chi connectivity index (χ1v) is 8.26. The number of hydrogen-bond donors (Lipinski definition) is 0. The highest BCUT2D eigenvalue weighted by molar-refractivity contribution is 9.10. The zero-order chi connectivity index (χ0) is 18.6. The number of halogens is 4. The summed E-state index contributed by atoms with van der Waals surface area (Å²) in [6, 6.07) is 5.14. The molecule has 0 saturated heterocycles. The van der Waals surface area contributed by atoms with Crippen molar-refractivity contribution < 1.29 is 27.6 Å². The van der Waals surface area contributed by atoms with Crippen LogP contribution in [-0.4, -0.2) is 21.6 Å². The lowest BCUT2D eigenvalue weighted by molar-refractivity contribution is -0.388. The van der Waals surface area contributed by atoms with Crippen molar-refractivity contribution in [2.24, 2.45) is 0 Å². The number of nitro benzene ring substituents is 1. The smallest absolute Gasteiger partial charge is 0.416 e.